The molecule has 0 saturated heterocycles. The van der Waals surface area contributed by atoms with Crippen molar-refractivity contribution in [2.75, 3.05) is 25.5 Å². The van der Waals surface area contributed by atoms with E-state index in [4.69, 9.17) is 0 Å². The van der Waals surface area contributed by atoms with Crippen LogP contribution in [0, 0.1) is 5.92 Å². The van der Waals surface area contributed by atoms with Crippen molar-refractivity contribution < 1.29 is 4.79 Å². The maximum atomic E-state index is 12.1. The summed E-state index contributed by atoms with van der Waals surface area (Å²) in [6.07, 6.45) is 5.23. The predicted molar refractivity (Wildman–Crippen MR) is 77.2 cm³/mol. The molecule has 1 aromatic rings. The fraction of sp³-hybridized carbons (Fsp3) is 0.643. The van der Waals surface area contributed by atoms with Crippen molar-refractivity contribution in [3.8, 4) is 0 Å². The Morgan fingerprint density at radius 3 is 2.63 bits per heavy atom. The van der Waals surface area contributed by atoms with Crippen LogP contribution in [0.4, 0.5) is 5.82 Å². The average Bonchev–Trinajstić information content (AvgIpc) is 2.44. The van der Waals surface area contributed by atoms with Crippen molar-refractivity contribution in [1.29, 1.82) is 0 Å². The number of anilines is 1. The fourth-order valence-corrected chi connectivity index (χ4v) is 1.66. The highest BCUT2D eigenvalue weighted by atomic mass is 16.2. The highest BCUT2D eigenvalue weighted by Crippen LogP contribution is 2.07. The number of carbonyl (C=O) groups excluding carboxylic acids is 1. The number of hydrogen-bond acceptors (Lipinski definition) is 4. The summed E-state index contributed by atoms with van der Waals surface area (Å²) >= 11 is 0. The molecule has 1 aromatic heterocycles. The SMILES string of the molecule is CCCNc1cnc(C(=O)N(C)CC(C)CC)cn1. The van der Waals surface area contributed by atoms with E-state index >= 15 is 0 Å². The lowest BCUT2D eigenvalue weighted by Crippen LogP contribution is -2.31. The molecule has 1 amide bonds. The molecule has 106 valence electrons. The van der Waals surface area contributed by atoms with Gasteiger partial charge in [0, 0.05) is 20.1 Å². The molecule has 0 aliphatic carbocycles. The molecule has 1 atom stereocenters. The van der Waals surface area contributed by atoms with Crippen LogP contribution in [0.15, 0.2) is 12.4 Å². The van der Waals surface area contributed by atoms with Crippen LogP contribution < -0.4 is 5.32 Å². The second-order valence-corrected chi connectivity index (χ2v) is 4.91. The molecular formula is C14H24N4O. The van der Waals surface area contributed by atoms with Gasteiger partial charge >= 0.3 is 0 Å². The third-order valence-electron chi connectivity index (χ3n) is 3.06. The van der Waals surface area contributed by atoms with Crippen LogP contribution in [-0.4, -0.2) is 40.9 Å². The minimum Gasteiger partial charge on any atom is -0.369 e. The number of aromatic nitrogens is 2. The Morgan fingerprint density at radius 2 is 2.11 bits per heavy atom. The Balaban J connectivity index is 2.61. The van der Waals surface area contributed by atoms with Gasteiger partial charge in [0.15, 0.2) is 0 Å². The summed E-state index contributed by atoms with van der Waals surface area (Å²) in [7, 11) is 1.80. The minimum absolute atomic E-state index is 0.0742. The Morgan fingerprint density at radius 1 is 1.37 bits per heavy atom. The third-order valence-corrected chi connectivity index (χ3v) is 3.06. The highest BCUT2D eigenvalue weighted by Gasteiger charge is 2.15. The zero-order valence-corrected chi connectivity index (χ0v) is 12.3. The van der Waals surface area contributed by atoms with Crippen LogP contribution in [0.25, 0.3) is 0 Å². The Hall–Kier alpha value is -1.65. The first-order valence-electron chi connectivity index (χ1n) is 6.89. The van der Waals surface area contributed by atoms with Gasteiger partial charge in [0.2, 0.25) is 0 Å². The molecule has 19 heavy (non-hydrogen) atoms. The minimum atomic E-state index is -0.0742. The summed E-state index contributed by atoms with van der Waals surface area (Å²) in [4.78, 5) is 22.2. The van der Waals surface area contributed by atoms with Crippen molar-refractivity contribution in [3.05, 3.63) is 18.1 Å². The maximum Gasteiger partial charge on any atom is 0.273 e. The molecule has 1 rings (SSSR count). The smallest absolute Gasteiger partial charge is 0.273 e. The van der Waals surface area contributed by atoms with Crippen molar-refractivity contribution in [3.63, 3.8) is 0 Å². The highest BCUT2D eigenvalue weighted by molar-refractivity contribution is 5.91. The van der Waals surface area contributed by atoms with Gasteiger partial charge in [-0.2, -0.15) is 0 Å². The molecule has 0 saturated carbocycles. The molecule has 1 heterocycles. The van der Waals surface area contributed by atoms with Gasteiger partial charge in [0.05, 0.1) is 12.4 Å². The first kappa shape index (κ1) is 15.4. The van der Waals surface area contributed by atoms with E-state index in [0.717, 1.165) is 25.9 Å². The molecule has 0 bridgehead atoms. The standard InChI is InChI=1S/C14H24N4O/c1-5-7-15-13-9-16-12(8-17-13)14(19)18(4)10-11(3)6-2/h8-9,11H,5-7,10H2,1-4H3,(H,15,17). The van der Waals surface area contributed by atoms with E-state index in [1.807, 2.05) is 0 Å². The largest absolute Gasteiger partial charge is 0.369 e. The van der Waals surface area contributed by atoms with E-state index in [-0.39, 0.29) is 5.91 Å². The summed E-state index contributed by atoms with van der Waals surface area (Å²) in [6.45, 7) is 7.94. The van der Waals surface area contributed by atoms with E-state index in [0.29, 0.717) is 17.4 Å². The predicted octanol–water partition coefficient (Wildman–Crippen LogP) is 2.42. The van der Waals surface area contributed by atoms with Gasteiger partial charge in [-0.25, -0.2) is 9.97 Å². The van der Waals surface area contributed by atoms with Crippen molar-refractivity contribution >= 4 is 11.7 Å². The first-order valence-corrected chi connectivity index (χ1v) is 6.89. The molecule has 0 aliphatic heterocycles. The summed E-state index contributed by atoms with van der Waals surface area (Å²) in [5, 5.41) is 3.13. The van der Waals surface area contributed by atoms with Crippen molar-refractivity contribution in [1.82, 2.24) is 14.9 Å². The molecule has 5 heteroatoms. The van der Waals surface area contributed by atoms with Gasteiger partial charge < -0.3 is 10.2 Å². The molecule has 0 spiro atoms. The van der Waals surface area contributed by atoms with Gasteiger partial charge in [0.1, 0.15) is 11.5 Å². The zero-order valence-electron chi connectivity index (χ0n) is 12.3. The van der Waals surface area contributed by atoms with Gasteiger partial charge in [-0.05, 0) is 12.3 Å². The summed E-state index contributed by atoms with van der Waals surface area (Å²) in [5.74, 6) is 1.13. The first-order chi connectivity index (χ1) is 9.08. The van der Waals surface area contributed by atoms with Crippen LogP contribution in [0.2, 0.25) is 0 Å². The van der Waals surface area contributed by atoms with E-state index in [9.17, 15) is 4.79 Å². The molecule has 1 N–H and O–H groups in total. The van der Waals surface area contributed by atoms with Crippen molar-refractivity contribution in [2.45, 2.75) is 33.6 Å². The monoisotopic (exact) mass is 264 g/mol. The van der Waals surface area contributed by atoms with Crippen LogP contribution in [-0.2, 0) is 0 Å². The average molecular weight is 264 g/mol. The van der Waals surface area contributed by atoms with Crippen LogP contribution in [0.3, 0.4) is 0 Å². The van der Waals surface area contributed by atoms with E-state index in [1.165, 1.54) is 6.20 Å². The fourth-order valence-electron chi connectivity index (χ4n) is 1.66. The molecule has 1 unspecified atom stereocenters. The lowest BCUT2D eigenvalue weighted by molar-refractivity contribution is 0.0768. The quantitative estimate of drug-likeness (QED) is 0.821. The molecule has 0 fully saturated rings. The van der Waals surface area contributed by atoms with E-state index in [1.54, 1.807) is 18.1 Å². The van der Waals surface area contributed by atoms with Gasteiger partial charge in [-0.1, -0.05) is 27.2 Å². The molecule has 0 aliphatic rings. The second-order valence-electron chi connectivity index (χ2n) is 4.91. The molecule has 5 nitrogen and oxygen atoms in total. The summed E-state index contributed by atoms with van der Waals surface area (Å²) in [6, 6.07) is 0. The maximum absolute atomic E-state index is 12.1. The molecular weight excluding hydrogens is 240 g/mol. The second kappa shape index (κ2) is 7.71. The van der Waals surface area contributed by atoms with Gasteiger partial charge in [0.25, 0.3) is 5.91 Å². The molecule has 0 aromatic carbocycles. The van der Waals surface area contributed by atoms with Crippen LogP contribution in [0.1, 0.15) is 44.1 Å². The lowest BCUT2D eigenvalue weighted by atomic mass is 10.1. The number of nitrogens with zero attached hydrogens (tertiary/aromatic N) is 3. The van der Waals surface area contributed by atoms with Crippen LogP contribution >= 0.6 is 0 Å². The topological polar surface area (TPSA) is 58.1 Å². The third kappa shape index (κ3) is 4.85. The summed E-state index contributed by atoms with van der Waals surface area (Å²) < 4.78 is 0. The normalized spacial score (nSPS) is 12.0. The number of rotatable bonds is 7. The van der Waals surface area contributed by atoms with Gasteiger partial charge in [-0.3, -0.25) is 4.79 Å². The number of carbonyl (C=O) groups is 1. The van der Waals surface area contributed by atoms with E-state index in [2.05, 4.69) is 36.1 Å². The van der Waals surface area contributed by atoms with Crippen molar-refractivity contribution in [2.24, 2.45) is 5.92 Å². The van der Waals surface area contributed by atoms with Gasteiger partial charge in [-0.15, -0.1) is 0 Å². The van der Waals surface area contributed by atoms with Crippen LogP contribution in [0.5, 0.6) is 0 Å². The zero-order chi connectivity index (χ0) is 14.3. The Bertz CT molecular complexity index is 391. The van der Waals surface area contributed by atoms with E-state index < -0.39 is 0 Å². The number of amides is 1. The number of hydrogen-bond donors (Lipinski definition) is 1. The summed E-state index contributed by atoms with van der Waals surface area (Å²) in [5.41, 5.74) is 0.396. The number of nitrogens with one attached hydrogen (secondary N) is 1. The Labute approximate surface area is 115 Å². The lowest BCUT2D eigenvalue weighted by Gasteiger charge is -2.20. The Kier molecular flexibility index (Phi) is 6.25. The molecule has 0 radical (unpaired) electrons.